The lowest BCUT2D eigenvalue weighted by atomic mass is 9.91. The zero-order valence-electron chi connectivity index (χ0n) is 17.0. The smallest absolute Gasteiger partial charge is 0.270 e. The van der Waals surface area contributed by atoms with E-state index >= 15 is 0 Å². The molecule has 152 valence electrons. The number of hydrogen-bond acceptors (Lipinski definition) is 3. The maximum Gasteiger partial charge on any atom is 0.270 e. The predicted octanol–water partition coefficient (Wildman–Crippen LogP) is 4.05. The number of aromatic nitrogens is 1. The second-order valence-corrected chi connectivity index (χ2v) is 8.06. The Hall–Kier alpha value is -2.86. The van der Waals surface area contributed by atoms with Crippen LogP contribution in [0.5, 0.6) is 5.75 Å². The van der Waals surface area contributed by atoms with Gasteiger partial charge in [0, 0.05) is 35.9 Å². The van der Waals surface area contributed by atoms with E-state index in [1.165, 1.54) is 16.8 Å². The van der Waals surface area contributed by atoms with Crippen LogP contribution in [0.15, 0.2) is 42.5 Å². The van der Waals surface area contributed by atoms with Gasteiger partial charge in [-0.05, 0) is 55.5 Å². The van der Waals surface area contributed by atoms with Crippen molar-refractivity contribution in [2.75, 3.05) is 7.11 Å². The monoisotopic (exact) mass is 394 g/mol. The summed E-state index contributed by atoms with van der Waals surface area (Å²) in [6.07, 6.45) is 5.38. The summed E-state index contributed by atoms with van der Waals surface area (Å²) in [5.41, 5.74) is 5.01. The second-order valence-electron chi connectivity index (χ2n) is 8.06. The minimum atomic E-state index is -0.313. The van der Waals surface area contributed by atoms with Crippen molar-refractivity contribution < 1.29 is 15.0 Å². The first-order chi connectivity index (χ1) is 14.0. The molecule has 0 bridgehead atoms. The molecule has 0 unspecified atom stereocenters. The number of nitro benzene ring substituents is 1. The molecule has 6 nitrogen and oxygen atoms in total. The maximum atomic E-state index is 11.2. The number of hydrogen-bond donors (Lipinski definition) is 2. The van der Waals surface area contributed by atoms with Gasteiger partial charge in [0.1, 0.15) is 11.8 Å². The van der Waals surface area contributed by atoms with Crippen LogP contribution in [0.3, 0.4) is 0 Å². The Bertz CT molecular complexity index is 1010. The largest absolute Gasteiger partial charge is 0.497 e. The Morgan fingerprint density at radius 2 is 2.07 bits per heavy atom. The van der Waals surface area contributed by atoms with Crippen LogP contribution in [0.2, 0.25) is 0 Å². The van der Waals surface area contributed by atoms with E-state index in [-0.39, 0.29) is 10.6 Å². The number of nitrogens with zero attached hydrogens (tertiary/aromatic N) is 1. The van der Waals surface area contributed by atoms with Crippen molar-refractivity contribution in [3.8, 4) is 5.75 Å². The number of fused-ring (bicyclic) bond motifs is 3. The van der Waals surface area contributed by atoms with Crippen molar-refractivity contribution in [3.63, 3.8) is 0 Å². The molecule has 3 N–H and O–H groups in total. The number of rotatable bonds is 7. The molecule has 2 aromatic carbocycles. The van der Waals surface area contributed by atoms with Crippen molar-refractivity contribution in [1.29, 1.82) is 0 Å². The third kappa shape index (κ3) is 4.12. The number of aromatic amines is 1. The van der Waals surface area contributed by atoms with Gasteiger partial charge in [0.2, 0.25) is 0 Å². The number of quaternary nitrogens is 1. The Kier molecular flexibility index (Phi) is 5.53. The van der Waals surface area contributed by atoms with Gasteiger partial charge < -0.3 is 15.0 Å². The minimum absolute atomic E-state index is 0.165. The van der Waals surface area contributed by atoms with Gasteiger partial charge in [-0.1, -0.05) is 12.1 Å². The average molecular weight is 394 g/mol. The summed E-state index contributed by atoms with van der Waals surface area (Å²) in [4.78, 5) is 14.4. The van der Waals surface area contributed by atoms with Crippen LogP contribution in [0.4, 0.5) is 5.69 Å². The zero-order chi connectivity index (χ0) is 20.4. The van der Waals surface area contributed by atoms with Gasteiger partial charge in [-0.15, -0.1) is 0 Å². The van der Waals surface area contributed by atoms with Gasteiger partial charge in [0.05, 0.1) is 23.8 Å². The Labute approximate surface area is 170 Å². The standard InChI is InChI=1S/C23H27N3O3/c1-15(6-7-16-8-11-18(29-2)12-9-16)24-22-5-3-4-19-20-14-17(26(27)28)10-13-21(20)25-23(19)22/h8-15,22,24-25H,3-7H2,1-2H3/p+1/t15-,22-/m0/s1. The summed E-state index contributed by atoms with van der Waals surface area (Å²) in [5.74, 6) is 0.891. The number of non-ortho nitro benzene ring substituents is 1. The fourth-order valence-electron chi connectivity index (χ4n) is 4.47. The quantitative estimate of drug-likeness (QED) is 0.468. The van der Waals surface area contributed by atoms with E-state index in [0.717, 1.165) is 48.8 Å². The molecule has 4 rings (SSSR count). The summed E-state index contributed by atoms with van der Waals surface area (Å²) in [6.45, 7) is 2.28. The number of nitro groups is 1. The van der Waals surface area contributed by atoms with Gasteiger partial charge in [-0.2, -0.15) is 0 Å². The number of H-pyrrole nitrogens is 1. The fraction of sp³-hybridized carbons (Fsp3) is 0.391. The van der Waals surface area contributed by atoms with E-state index in [4.69, 9.17) is 4.74 Å². The van der Waals surface area contributed by atoms with Crippen molar-refractivity contribution in [1.82, 2.24) is 4.98 Å². The summed E-state index contributed by atoms with van der Waals surface area (Å²) in [6, 6.07) is 14.3. The molecule has 0 amide bonds. The third-order valence-electron chi connectivity index (χ3n) is 6.05. The van der Waals surface area contributed by atoms with Crippen LogP contribution >= 0.6 is 0 Å². The molecule has 1 aliphatic carbocycles. The summed E-state index contributed by atoms with van der Waals surface area (Å²) in [5, 5.41) is 14.6. The molecule has 0 aliphatic heterocycles. The summed E-state index contributed by atoms with van der Waals surface area (Å²) < 4.78 is 5.23. The first-order valence-electron chi connectivity index (χ1n) is 10.3. The third-order valence-corrected chi connectivity index (χ3v) is 6.05. The fourth-order valence-corrected chi connectivity index (χ4v) is 4.47. The van der Waals surface area contributed by atoms with Gasteiger partial charge in [0.15, 0.2) is 0 Å². The van der Waals surface area contributed by atoms with Crippen LogP contribution in [-0.4, -0.2) is 23.1 Å². The van der Waals surface area contributed by atoms with Crippen molar-refractivity contribution >= 4 is 16.6 Å². The molecular weight excluding hydrogens is 366 g/mol. The highest BCUT2D eigenvalue weighted by atomic mass is 16.6. The SMILES string of the molecule is COc1ccc(CC[C@H](C)[NH2+][C@H]2CCCc3c2[nH]c2ccc([N+](=O)[O-])cc32)cc1. The molecule has 0 radical (unpaired) electrons. The molecular formula is C23H28N3O3+. The average Bonchev–Trinajstić information content (AvgIpc) is 3.11. The van der Waals surface area contributed by atoms with Crippen molar-refractivity contribution in [3.05, 3.63) is 69.4 Å². The second kappa shape index (κ2) is 8.25. The summed E-state index contributed by atoms with van der Waals surface area (Å²) >= 11 is 0. The van der Waals surface area contributed by atoms with Gasteiger partial charge in [-0.3, -0.25) is 10.1 Å². The molecule has 29 heavy (non-hydrogen) atoms. The van der Waals surface area contributed by atoms with Gasteiger partial charge >= 0.3 is 0 Å². The normalized spacial score (nSPS) is 17.1. The van der Waals surface area contributed by atoms with E-state index in [9.17, 15) is 10.1 Å². The first kappa shape index (κ1) is 19.5. The summed E-state index contributed by atoms with van der Waals surface area (Å²) in [7, 11) is 1.69. The molecule has 2 atom stereocenters. The number of nitrogens with one attached hydrogen (secondary N) is 1. The zero-order valence-corrected chi connectivity index (χ0v) is 17.0. The van der Waals surface area contributed by atoms with Gasteiger partial charge in [-0.25, -0.2) is 0 Å². The topological polar surface area (TPSA) is 84.8 Å². The molecule has 0 saturated heterocycles. The van der Waals surface area contributed by atoms with E-state index in [2.05, 4.69) is 29.4 Å². The molecule has 0 spiro atoms. The predicted molar refractivity (Wildman–Crippen MR) is 113 cm³/mol. The lowest BCUT2D eigenvalue weighted by molar-refractivity contribution is -0.727. The van der Waals surface area contributed by atoms with Crippen LogP contribution in [0.1, 0.15) is 49.0 Å². The van der Waals surface area contributed by atoms with Gasteiger partial charge in [0.25, 0.3) is 5.69 Å². The highest BCUT2D eigenvalue weighted by Crippen LogP contribution is 2.34. The van der Waals surface area contributed by atoms with Crippen molar-refractivity contribution in [2.45, 2.75) is 51.1 Å². The van der Waals surface area contributed by atoms with Crippen LogP contribution in [0, 0.1) is 10.1 Å². The molecule has 1 aliphatic rings. The Balaban J connectivity index is 1.46. The number of aryl methyl sites for hydroxylation is 2. The van der Waals surface area contributed by atoms with E-state index in [0.29, 0.717) is 12.1 Å². The molecule has 3 aromatic rings. The van der Waals surface area contributed by atoms with E-state index < -0.39 is 0 Å². The number of benzene rings is 2. The number of nitrogens with two attached hydrogens (primary N) is 1. The molecule has 6 heteroatoms. The van der Waals surface area contributed by atoms with Crippen LogP contribution in [-0.2, 0) is 12.8 Å². The van der Waals surface area contributed by atoms with E-state index in [1.54, 1.807) is 19.2 Å². The van der Waals surface area contributed by atoms with Crippen molar-refractivity contribution in [2.24, 2.45) is 0 Å². The lowest BCUT2D eigenvalue weighted by Gasteiger charge is -2.24. The minimum Gasteiger partial charge on any atom is -0.497 e. The lowest BCUT2D eigenvalue weighted by Crippen LogP contribution is -2.90. The highest BCUT2D eigenvalue weighted by molar-refractivity contribution is 5.87. The molecule has 0 fully saturated rings. The highest BCUT2D eigenvalue weighted by Gasteiger charge is 2.28. The van der Waals surface area contributed by atoms with Crippen LogP contribution in [0.25, 0.3) is 10.9 Å². The Morgan fingerprint density at radius 1 is 1.28 bits per heavy atom. The Morgan fingerprint density at radius 3 is 2.79 bits per heavy atom. The molecule has 0 saturated carbocycles. The number of ether oxygens (including phenoxy) is 1. The molecule has 1 aromatic heterocycles. The maximum absolute atomic E-state index is 11.2. The molecule has 1 heterocycles. The first-order valence-corrected chi connectivity index (χ1v) is 10.3. The number of methoxy groups -OCH3 is 1. The van der Waals surface area contributed by atoms with Crippen LogP contribution < -0.4 is 10.1 Å². The van der Waals surface area contributed by atoms with E-state index in [1.807, 2.05) is 18.2 Å².